The molecule has 4 rings (SSSR count). The molecule has 0 atom stereocenters. The largest absolute Gasteiger partial charge is 0.493 e. The maximum absolute atomic E-state index is 11.8. The van der Waals surface area contributed by atoms with Crippen molar-refractivity contribution in [3.8, 4) is 11.5 Å². The van der Waals surface area contributed by atoms with Crippen molar-refractivity contribution in [3.63, 3.8) is 0 Å². The summed E-state index contributed by atoms with van der Waals surface area (Å²) in [6, 6.07) is 14.9. The van der Waals surface area contributed by atoms with Gasteiger partial charge in [0.05, 0.1) is 16.8 Å². The van der Waals surface area contributed by atoms with E-state index in [0.717, 1.165) is 11.1 Å². The average molecular weight is 401 g/mol. The molecule has 0 bridgehead atoms. The van der Waals surface area contributed by atoms with Gasteiger partial charge in [-0.1, -0.05) is 30.3 Å². The molecule has 3 heterocycles. The molecule has 8 nitrogen and oxygen atoms in total. The van der Waals surface area contributed by atoms with Gasteiger partial charge in [0.1, 0.15) is 5.82 Å². The van der Waals surface area contributed by atoms with Crippen LogP contribution in [0.3, 0.4) is 0 Å². The Morgan fingerprint density at radius 2 is 1.97 bits per heavy atom. The number of amides is 1. The molecule has 0 saturated heterocycles. The lowest BCUT2D eigenvalue weighted by Gasteiger charge is -2.13. The van der Waals surface area contributed by atoms with E-state index in [9.17, 15) is 14.8 Å². The van der Waals surface area contributed by atoms with Crippen molar-refractivity contribution in [2.24, 2.45) is 5.73 Å². The SMILES string of the molecule is Cc1cc2c(C(N)=O)cccn2c1-c1ncc(B(O)O)c(NCc2ccccc2)n1. The number of anilines is 1. The van der Waals surface area contributed by atoms with Gasteiger partial charge >= 0.3 is 7.12 Å². The number of hydrogen-bond acceptors (Lipinski definition) is 6. The lowest BCUT2D eigenvalue weighted by molar-refractivity contribution is 0.100. The molecule has 0 spiro atoms. The molecule has 1 amide bonds. The number of hydrogen-bond donors (Lipinski definition) is 4. The van der Waals surface area contributed by atoms with Crippen LogP contribution in [0.1, 0.15) is 21.5 Å². The van der Waals surface area contributed by atoms with Crippen molar-refractivity contribution in [2.75, 3.05) is 5.32 Å². The first-order chi connectivity index (χ1) is 14.5. The normalized spacial score (nSPS) is 10.9. The molecule has 1 aromatic carbocycles. The van der Waals surface area contributed by atoms with Crippen molar-refractivity contribution in [1.29, 1.82) is 0 Å². The molecule has 150 valence electrons. The lowest BCUT2D eigenvalue weighted by Crippen LogP contribution is -2.34. The van der Waals surface area contributed by atoms with E-state index in [1.165, 1.54) is 6.20 Å². The Bertz CT molecular complexity index is 1220. The second-order valence-electron chi connectivity index (χ2n) is 6.93. The Labute approximate surface area is 173 Å². The highest BCUT2D eigenvalue weighted by molar-refractivity contribution is 6.60. The van der Waals surface area contributed by atoms with Crippen molar-refractivity contribution in [2.45, 2.75) is 13.5 Å². The first-order valence-corrected chi connectivity index (χ1v) is 9.37. The van der Waals surface area contributed by atoms with E-state index in [2.05, 4.69) is 15.3 Å². The summed E-state index contributed by atoms with van der Waals surface area (Å²) >= 11 is 0. The summed E-state index contributed by atoms with van der Waals surface area (Å²) in [4.78, 5) is 20.7. The molecule has 3 aromatic heterocycles. The number of carbonyl (C=O) groups excluding carboxylic acids is 1. The predicted octanol–water partition coefficient (Wildman–Crippen LogP) is 1.10. The molecule has 30 heavy (non-hydrogen) atoms. The fourth-order valence-electron chi connectivity index (χ4n) is 3.44. The van der Waals surface area contributed by atoms with Gasteiger partial charge in [0.25, 0.3) is 5.91 Å². The first kappa shape index (κ1) is 19.6. The number of aryl methyl sites for hydroxylation is 1. The highest BCUT2D eigenvalue weighted by Gasteiger charge is 2.22. The average Bonchev–Trinajstić information content (AvgIpc) is 3.08. The van der Waals surface area contributed by atoms with Crippen molar-refractivity contribution < 1.29 is 14.8 Å². The van der Waals surface area contributed by atoms with Crippen LogP contribution >= 0.6 is 0 Å². The van der Waals surface area contributed by atoms with Gasteiger partial charge in [0.15, 0.2) is 5.82 Å². The third-order valence-electron chi connectivity index (χ3n) is 4.88. The Morgan fingerprint density at radius 3 is 2.67 bits per heavy atom. The third kappa shape index (κ3) is 3.63. The second-order valence-corrected chi connectivity index (χ2v) is 6.93. The van der Waals surface area contributed by atoms with Crippen LogP contribution < -0.4 is 16.5 Å². The van der Waals surface area contributed by atoms with Gasteiger partial charge in [0.2, 0.25) is 0 Å². The molecular formula is C21H20BN5O3. The number of carbonyl (C=O) groups is 1. The third-order valence-corrected chi connectivity index (χ3v) is 4.88. The van der Waals surface area contributed by atoms with Crippen LogP contribution in [0.5, 0.6) is 0 Å². The van der Waals surface area contributed by atoms with Gasteiger partial charge in [-0.2, -0.15) is 0 Å². The van der Waals surface area contributed by atoms with Crippen molar-refractivity contribution in [3.05, 3.63) is 77.6 Å². The quantitative estimate of drug-likeness (QED) is 0.359. The van der Waals surface area contributed by atoms with Crippen LogP contribution in [-0.4, -0.2) is 37.4 Å². The molecule has 0 saturated carbocycles. The number of primary amides is 1. The minimum Gasteiger partial charge on any atom is -0.423 e. The second kappa shape index (κ2) is 7.98. The van der Waals surface area contributed by atoms with E-state index in [-0.39, 0.29) is 5.46 Å². The summed E-state index contributed by atoms with van der Waals surface area (Å²) in [5.74, 6) is 0.183. The maximum Gasteiger partial charge on any atom is 0.493 e. The smallest absolute Gasteiger partial charge is 0.423 e. The molecule has 0 aliphatic heterocycles. The van der Waals surface area contributed by atoms with E-state index in [0.29, 0.717) is 35.0 Å². The zero-order valence-corrected chi connectivity index (χ0v) is 16.3. The Kier molecular flexibility index (Phi) is 5.22. The highest BCUT2D eigenvalue weighted by atomic mass is 16.4. The van der Waals surface area contributed by atoms with E-state index < -0.39 is 13.0 Å². The Hall–Kier alpha value is -3.69. The van der Waals surface area contributed by atoms with E-state index in [1.54, 1.807) is 22.7 Å². The fraction of sp³-hybridized carbons (Fsp3) is 0.0952. The van der Waals surface area contributed by atoms with Crippen molar-refractivity contribution in [1.82, 2.24) is 14.4 Å². The topological polar surface area (TPSA) is 126 Å². The zero-order valence-electron chi connectivity index (χ0n) is 16.3. The number of nitrogens with one attached hydrogen (secondary N) is 1. The maximum atomic E-state index is 11.8. The van der Waals surface area contributed by atoms with Gasteiger partial charge in [-0.3, -0.25) is 4.79 Å². The number of aromatic nitrogens is 3. The lowest BCUT2D eigenvalue weighted by atomic mass is 9.81. The van der Waals surface area contributed by atoms with Crippen molar-refractivity contribution >= 4 is 29.8 Å². The molecule has 4 aromatic rings. The molecule has 0 aliphatic carbocycles. The minimum absolute atomic E-state index is 0.172. The minimum atomic E-state index is -1.72. The standard InChI is InChI=1S/C21H20BN5O3/c1-13-10-17-15(19(23)28)8-5-9-27(17)18(13)21-25-12-16(22(29)30)20(26-21)24-11-14-6-3-2-4-7-14/h2-10,12,29-30H,11H2,1H3,(H2,23,28)(H,24,25,26). The Balaban J connectivity index is 1.79. The van der Waals surface area contributed by atoms with Crippen LogP contribution in [0.2, 0.25) is 0 Å². The summed E-state index contributed by atoms with van der Waals surface area (Å²) < 4.78 is 1.81. The molecule has 0 aliphatic rings. The molecule has 5 N–H and O–H groups in total. The summed E-state index contributed by atoms with van der Waals surface area (Å²) in [7, 11) is -1.72. The van der Waals surface area contributed by atoms with Gasteiger partial charge in [-0.05, 0) is 36.2 Å². The molecule has 0 radical (unpaired) electrons. The first-order valence-electron chi connectivity index (χ1n) is 9.37. The van der Waals surface area contributed by atoms with E-state index in [4.69, 9.17) is 5.73 Å². The van der Waals surface area contributed by atoms with Gasteiger partial charge in [-0.15, -0.1) is 0 Å². The number of nitrogens with two attached hydrogens (primary N) is 1. The van der Waals surface area contributed by atoms with Gasteiger partial charge in [0, 0.05) is 24.4 Å². The summed E-state index contributed by atoms with van der Waals surface area (Å²) in [6.07, 6.45) is 3.19. The molecule has 9 heteroatoms. The number of benzene rings is 1. The fourth-order valence-corrected chi connectivity index (χ4v) is 3.44. The van der Waals surface area contributed by atoms with Crippen LogP contribution in [0.25, 0.3) is 17.0 Å². The predicted molar refractivity (Wildman–Crippen MR) is 115 cm³/mol. The van der Waals surface area contributed by atoms with Crippen LogP contribution in [0.15, 0.2) is 60.9 Å². The van der Waals surface area contributed by atoms with Crippen LogP contribution in [-0.2, 0) is 6.54 Å². The molecule has 0 unspecified atom stereocenters. The number of nitrogens with zero attached hydrogens (tertiary/aromatic N) is 3. The van der Waals surface area contributed by atoms with E-state index >= 15 is 0 Å². The van der Waals surface area contributed by atoms with Gasteiger partial charge < -0.3 is 25.5 Å². The number of rotatable bonds is 6. The number of pyridine rings is 1. The summed E-state index contributed by atoms with van der Waals surface area (Å²) in [6.45, 7) is 2.35. The van der Waals surface area contributed by atoms with Crippen LogP contribution in [0, 0.1) is 6.92 Å². The van der Waals surface area contributed by atoms with E-state index in [1.807, 2.05) is 43.3 Å². The number of fused-ring (bicyclic) bond motifs is 1. The Morgan fingerprint density at radius 1 is 1.20 bits per heavy atom. The van der Waals surface area contributed by atoms with Gasteiger partial charge in [-0.25, -0.2) is 9.97 Å². The molecule has 0 fully saturated rings. The molecular weight excluding hydrogens is 381 g/mol. The highest BCUT2D eigenvalue weighted by Crippen LogP contribution is 2.26. The summed E-state index contributed by atoms with van der Waals surface area (Å²) in [5, 5.41) is 22.6. The van der Waals surface area contributed by atoms with Crippen LogP contribution in [0.4, 0.5) is 5.82 Å². The monoisotopic (exact) mass is 401 g/mol. The zero-order chi connectivity index (χ0) is 21.3. The summed E-state index contributed by atoms with van der Waals surface area (Å²) in [5.41, 5.74) is 9.30.